The molecule has 0 radical (unpaired) electrons. The molecule has 7 heteroatoms. The van der Waals surface area contributed by atoms with Gasteiger partial charge in [0.05, 0.1) is 16.7 Å². The van der Waals surface area contributed by atoms with E-state index < -0.39 is 0 Å². The Labute approximate surface area is 155 Å². The van der Waals surface area contributed by atoms with Gasteiger partial charge in [0.1, 0.15) is 0 Å². The van der Waals surface area contributed by atoms with Crippen molar-refractivity contribution in [1.82, 2.24) is 24.6 Å². The van der Waals surface area contributed by atoms with Crippen LogP contribution in [0.5, 0.6) is 0 Å². The zero-order valence-corrected chi connectivity index (χ0v) is 14.6. The van der Waals surface area contributed by atoms with Gasteiger partial charge in [0.2, 0.25) is 11.9 Å². The van der Waals surface area contributed by atoms with E-state index in [9.17, 15) is 0 Å². The van der Waals surface area contributed by atoms with Crippen LogP contribution in [0.4, 0.5) is 17.6 Å². The van der Waals surface area contributed by atoms with E-state index >= 15 is 0 Å². The van der Waals surface area contributed by atoms with Gasteiger partial charge in [-0.3, -0.25) is 0 Å². The minimum Gasteiger partial charge on any atom is -0.359 e. The van der Waals surface area contributed by atoms with Crippen LogP contribution in [0.3, 0.4) is 0 Å². The largest absolute Gasteiger partial charge is 0.359 e. The molecule has 7 nitrogen and oxygen atoms in total. The van der Waals surface area contributed by atoms with Gasteiger partial charge >= 0.3 is 0 Å². The highest BCUT2D eigenvalue weighted by molar-refractivity contribution is 5.83. The molecule has 0 aliphatic heterocycles. The summed E-state index contributed by atoms with van der Waals surface area (Å²) in [6, 6.07) is 22.0. The van der Waals surface area contributed by atoms with Crippen LogP contribution in [-0.2, 0) is 0 Å². The number of hydrogen-bond donors (Lipinski definition) is 3. The summed E-state index contributed by atoms with van der Waals surface area (Å²) in [4.78, 5) is 12.3. The summed E-state index contributed by atoms with van der Waals surface area (Å²) in [5, 5.41) is 10.9. The first-order valence-electron chi connectivity index (χ1n) is 8.66. The van der Waals surface area contributed by atoms with E-state index in [-0.39, 0.29) is 0 Å². The maximum absolute atomic E-state index is 4.64. The monoisotopic (exact) mass is 355 g/mol. The van der Waals surface area contributed by atoms with Crippen molar-refractivity contribution in [2.24, 2.45) is 0 Å². The van der Waals surface area contributed by atoms with Gasteiger partial charge in [0.25, 0.3) is 0 Å². The number of nitrogens with one attached hydrogen (secondary N) is 3. The van der Waals surface area contributed by atoms with Gasteiger partial charge in [0.15, 0.2) is 5.65 Å². The van der Waals surface area contributed by atoms with Gasteiger partial charge in [-0.1, -0.05) is 30.3 Å². The number of fused-ring (bicyclic) bond motifs is 2. The lowest BCUT2D eigenvalue weighted by molar-refractivity contribution is 0.974. The lowest BCUT2D eigenvalue weighted by Gasteiger charge is -2.04. The van der Waals surface area contributed by atoms with Crippen molar-refractivity contribution in [3.8, 4) is 11.3 Å². The summed E-state index contributed by atoms with van der Waals surface area (Å²) in [5.41, 5.74) is 5.62. The summed E-state index contributed by atoms with van der Waals surface area (Å²) in [7, 11) is 1.84. The third kappa shape index (κ3) is 2.75. The molecule has 27 heavy (non-hydrogen) atoms. The second-order valence-electron chi connectivity index (χ2n) is 6.17. The molecule has 0 aliphatic rings. The first-order chi connectivity index (χ1) is 13.3. The molecule has 0 aliphatic carbocycles. The van der Waals surface area contributed by atoms with Crippen molar-refractivity contribution >= 4 is 34.3 Å². The van der Waals surface area contributed by atoms with Crippen LogP contribution in [0, 0.1) is 0 Å². The summed E-state index contributed by atoms with van der Waals surface area (Å²) in [5.74, 6) is 1.31. The van der Waals surface area contributed by atoms with Crippen molar-refractivity contribution in [2.45, 2.75) is 0 Å². The van der Waals surface area contributed by atoms with Crippen molar-refractivity contribution in [2.75, 3.05) is 17.7 Å². The molecule has 0 unspecified atom stereocenters. The Morgan fingerprint density at radius 2 is 1.81 bits per heavy atom. The Kier molecular flexibility index (Phi) is 3.50. The number of pyridine rings is 1. The maximum Gasteiger partial charge on any atom is 0.247 e. The van der Waals surface area contributed by atoms with E-state index in [2.05, 4.69) is 36.8 Å². The zero-order valence-electron chi connectivity index (χ0n) is 14.6. The van der Waals surface area contributed by atoms with Crippen LogP contribution in [0.25, 0.3) is 27.9 Å². The fourth-order valence-corrected chi connectivity index (χ4v) is 3.11. The van der Waals surface area contributed by atoms with E-state index in [0.29, 0.717) is 5.95 Å². The molecule has 3 N–H and O–H groups in total. The Balaban J connectivity index is 1.58. The van der Waals surface area contributed by atoms with Crippen molar-refractivity contribution < 1.29 is 0 Å². The standard InChI is InChI=1S/C20H17N7/c1-21-19-23-15-11-10-13(12-16(15)24-19)17-8-5-9-18-25-20(26-27(17)18)22-14-6-3-2-4-7-14/h2-12H,1H3,(H,22,26)(H2,21,23,24). The minimum absolute atomic E-state index is 0.564. The molecule has 0 spiro atoms. The molecule has 0 saturated heterocycles. The Morgan fingerprint density at radius 1 is 0.926 bits per heavy atom. The fourth-order valence-electron chi connectivity index (χ4n) is 3.11. The molecule has 0 fully saturated rings. The summed E-state index contributed by atoms with van der Waals surface area (Å²) >= 11 is 0. The number of anilines is 3. The van der Waals surface area contributed by atoms with E-state index in [0.717, 1.165) is 39.6 Å². The average Bonchev–Trinajstić information content (AvgIpc) is 3.30. The third-order valence-electron chi connectivity index (χ3n) is 4.40. The van der Waals surface area contributed by atoms with Gasteiger partial charge in [-0.25, -0.2) is 9.50 Å². The predicted octanol–water partition coefficient (Wildman–Crippen LogP) is 4.06. The predicted molar refractivity (Wildman–Crippen MR) is 107 cm³/mol. The number of imidazole rings is 1. The van der Waals surface area contributed by atoms with Crippen molar-refractivity contribution in [3.63, 3.8) is 0 Å². The number of nitrogens with zero attached hydrogens (tertiary/aromatic N) is 4. The lowest BCUT2D eigenvalue weighted by Crippen LogP contribution is -1.95. The fraction of sp³-hybridized carbons (Fsp3) is 0.0500. The van der Waals surface area contributed by atoms with Crippen molar-refractivity contribution in [3.05, 3.63) is 66.7 Å². The molecular formula is C20H17N7. The zero-order chi connectivity index (χ0) is 18.2. The highest BCUT2D eigenvalue weighted by Gasteiger charge is 2.10. The van der Waals surface area contributed by atoms with E-state index in [1.54, 1.807) is 0 Å². The highest BCUT2D eigenvalue weighted by atomic mass is 15.4. The number of benzene rings is 2. The topological polar surface area (TPSA) is 82.9 Å². The molecule has 2 aromatic carbocycles. The Bertz CT molecular complexity index is 1240. The van der Waals surface area contributed by atoms with Crippen LogP contribution in [-0.4, -0.2) is 31.6 Å². The lowest BCUT2D eigenvalue weighted by atomic mass is 10.1. The normalized spacial score (nSPS) is 11.1. The molecule has 3 aromatic heterocycles. The average molecular weight is 355 g/mol. The van der Waals surface area contributed by atoms with E-state index in [1.165, 1.54) is 0 Å². The highest BCUT2D eigenvalue weighted by Crippen LogP contribution is 2.25. The van der Waals surface area contributed by atoms with E-state index in [1.807, 2.05) is 72.2 Å². The molecule has 0 bridgehead atoms. The van der Waals surface area contributed by atoms with Crippen LogP contribution in [0.1, 0.15) is 0 Å². The van der Waals surface area contributed by atoms with Crippen molar-refractivity contribution in [1.29, 1.82) is 0 Å². The summed E-state index contributed by atoms with van der Waals surface area (Å²) in [6.07, 6.45) is 0. The molecule has 3 heterocycles. The third-order valence-corrected chi connectivity index (χ3v) is 4.40. The van der Waals surface area contributed by atoms with Gasteiger partial charge < -0.3 is 15.6 Å². The second kappa shape index (κ2) is 6.14. The number of para-hydroxylation sites is 1. The smallest absolute Gasteiger partial charge is 0.247 e. The minimum atomic E-state index is 0.564. The van der Waals surface area contributed by atoms with Crippen LogP contribution < -0.4 is 10.6 Å². The van der Waals surface area contributed by atoms with Gasteiger partial charge in [-0.15, -0.1) is 5.10 Å². The second-order valence-corrected chi connectivity index (χ2v) is 6.17. The van der Waals surface area contributed by atoms with E-state index in [4.69, 9.17) is 0 Å². The Hall–Kier alpha value is -3.87. The van der Waals surface area contributed by atoms with Gasteiger partial charge in [-0.2, -0.15) is 4.98 Å². The Morgan fingerprint density at radius 3 is 2.67 bits per heavy atom. The molecule has 0 saturated carbocycles. The summed E-state index contributed by atoms with van der Waals surface area (Å²) in [6.45, 7) is 0. The molecule has 132 valence electrons. The number of aromatic nitrogens is 5. The molecule has 5 aromatic rings. The first kappa shape index (κ1) is 15.4. The quantitative estimate of drug-likeness (QED) is 0.453. The first-order valence-corrected chi connectivity index (χ1v) is 8.66. The molecule has 5 rings (SSSR count). The van der Waals surface area contributed by atoms with Crippen LogP contribution in [0.15, 0.2) is 66.7 Å². The molecule has 0 atom stereocenters. The van der Waals surface area contributed by atoms with Crippen LogP contribution >= 0.6 is 0 Å². The number of H-pyrrole nitrogens is 1. The summed E-state index contributed by atoms with van der Waals surface area (Å²) < 4.78 is 1.85. The SMILES string of the molecule is CNc1nc2ccc(-c3cccc4nc(Nc5ccccc5)nn34)cc2[nH]1. The maximum atomic E-state index is 4.64. The van der Waals surface area contributed by atoms with Crippen LogP contribution in [0.2, 0.25) is 0 Å². The van der Waals surface area contributed by atoms with Gasteiger partial charge in [0, 0.05) is 18.3 Å². The number of hydrogen-bond acceptors (Lipinski definition) is 5. The number of aromatic amines is 1. The molecule has 0 amide bonds. The number of rotatable bonds is 4. The van der Waals surface area contributed by atoms with Gasteiger partial charge in [-0.05, 0) is 36.4 Å². The molecular weight excluding hydrogens is 338 g/mol.